The van der Waals surface area contributed by atoms with Crippen molar-refractivity contribution in [2.75, 3.05) is 38.5 Å². The fraction of sp³-hybridized carbons (Fsp3) is 0.360. The number of benzene rings is 2. The van der Waals surface area contributed by atoms with Crippen molar-refractivity contribution in [2.24, 2.45) is 0 Å². The summed E-state index contributed by atoms with van der Waals surface area (Å²) in [6.45, 7) is 3.11. The Morgan fingerprint density at radius 3 is 2.26 bits per heavy atom. The van der Waals surface area contributed by atoms with E-state index < -0.39 is 0 Å². The Bertz CT molecular complexity index is 1120. The molecule has 1 aliphatic carbocycles. The molecule has 1 aliphatic heterocycles. The summed E-state index contributed by atoms with van der Waals surface area (Å²) in [6.07, 6.45) is 2.19. The normalized spacial score (nSPS) is 16.4. The number of rotatable bonds is 8. The summed E-state index contributed by atoms with van der Waals surface area (Å²) in [6, 6.07) is 20.3. The maximum Gasteiger partial charge on any atom is 0.234 e. The molecule has 9 heteroatoms. The van der Waals surface area contributed by atoms with E-state index in [2.05, 4.69) is 20.4 Å². The molecular formula is C25H28N6O2S. The average molecular weight is 477 g/mol. The van der Waals surface area contributed by atoms with Crippen LogP contribution in [0.2, 0.25) is 0 Å². The number of hydrogen-bond acceptors (Lipinski definition) is 6. The number of nitrogens with zero attached hydrogens (tertiary/aromatic N) is 5. The first-order valence-electron chi connectivity index (χ1n) is 11.7. The van der Waals surface area contributed by atoms with Crippen LogP contribution in [-0.4, -0.2) is 80.9 Å². The van der Waals surface area contributed by atoms with Gasteiger partial charge in [0.2, 0.25) is 11.8 Å². The molecule has 3 aromatic rings. The lowest BCUT2D eigenvalue weighted by Crippen LogP contribution is -2.51. The molecule has 2 amide bonds. The summed E-state index contributed by atoms with van der Waals surface area (Å²) in [5.74, 6) is 1.21. The van der Waals surface area contributed by atoms with Crippen LogP contribution in [0, 0.1) is 0 Å². The first-order chi connectivity index (χ1) is 16.7. The standard InChI is InChI=1S/C25H28N6O2S/c32-22(26-20-11-12-20)17-29-13-15-30(16-14-29)23(33)18-34-25-28-27-24(19-7-3-1-4-8-19)31(25)21-9-5-2-6-10-21/h1-10,20H,11-18H2,(H,26,32). The van der Waals surface area contributed by atoms with Crippen LogP contribution in [0.5, 0.6) is 0 Å². The van der Waals surface area contributed by atoms with Crippen molar-refractivity contribution in [1.82, 2.24) is 29.9 Å². The summed E-state index contributed by atoms with van der Waals surface area (Å²) in [5, 5.41) is 12.6. The molecule has 8 nitrogen and oxygen atoms in total. The predicted molar refractivity (Wildman–Crippen MR) is 132 cm³/mol. The van der Waals surface area contributed by atoms with Crippen LogP contribution in [0.25, 0.3) is 17.1 Å². The molecule has 0 bridgehead atoms. The largest absolute Gasteiger partial charge is 0.352 e. The molecule has 1 aromatic heterocycles. The van der Waals surface area contributed by atoms with Crippen molar-refractivity contribution in [1.29, 1.82) is 0 Å². The van der Waals surface area contributed by atoms with E-state index in [0.717, 1.165) is 29.9 Å². The van der Waals surface area contributed by atoms with Gasteiger partial charge >= 0.3 is 0 Å². The number of piperazine rings is 1. The third kappa shape index (κ3) is 5.48. The number of nitrogens with one attached hydrogen (secondary N) is 1. The van der Waals surface area contributed by atoms with E-state index in [0.29, 0.717) is 49.7 Å². The SMILES string of the molecule is O=C(CN1CCN(C(=O)CSc2nnc(-c3ccccc3)n2-c2ccccc2)CC1)NC1CC1. The third-order valence-electron chi connectivity index (χ3n) is 6.04. The Kier molecular flexibility index (Phi) is 6.92. The van der Waals surface area contributed by atoms with Crippen LogP contribution < -0.4 is 5.32 Å². The Hall–Kier alpha value is -3.17. The molecule has 1 saturated heterocycles. The lowest BCUT2D eigenvalue weighted by Gasteiger charge is -2.34. The minimum absolute atomic E-state index is 0.0796. The van der Waals surface area contributed by atoms with Crippen LogP contribution in [-0.2, 0) is 9.59 Å². The molecule has 0 spiro atoms. The first kappa shape index (κ1) is 22.6. The summed E-state index contributed by atoms with van der Waals surface area (Å²) < 4.78 is 2.00. The van der Waals surface area contributed by atoms with Crippen molar-refractivity contribution < 1.29 is 9.59 Å². The maximum absolute atomic E-state index is 12.9. The van der Waals surface area contributed by atoms with Gasteiger partial charge in [0, 0.05) is 43.5 Å². The lowest BCUT2D eigenvalue weighted by molar-refractivity contribution is -0.130. The van der Waals surface area contributed by atoms with Crippen LogP contribution >= 0.6 is 11.8 Å². The Balaban J connectivity index is 1.21. The van der Waals surface area contributed by atoms with E-state index >= 15 is 0 Å². The highest BCUT2D eigenvalue weighted by Gasteiger charge is 2.26. The lowest BCUT2D eigenvalue weighted by atomic mass is 10.2. The molecule has 0 atom stereocenters. The molecule has 176 valence electrons. The molecule has 2 aromatic carbocycles. The smallest absolute Gasteiger partial charge is 0.234 e. The molecule has 5 rings (SSSR count). The molecule has 2 fully saturated rings. The van der Waals surface area contributed by atoms with Crippen LogP contribution in [0.15, 0.2) is 65.8 Å². The van der Waals surface area contributed by atoms with Crippen molar-refractivity contribution in [3.05, 3.63) is 60.7 Å². The molecule has 0 unspecified atom stereocenters. The van der Waals surface area contributed by atoms with E-state index in [-0.39, 0.29) is 11.8 Å². The van der Waals surface area contributed by atoms with Gasteiger partial charge in [-0.1, -0.05) is 60.3 Å². The number of carbonyl (C=O) groups is 2. The van der Waals surface area contributed by atoms with Gasteiger partial charge in [0.05, 0.1) is 12.3 Å². The van der Waals surface area contributed by atoms with Gasteiger partial charge in [-0.15, -0.1) is 10.2 Å². The van der Waals surface area contributed by atoms with Crippen LogP contribution in [0.4, 0.5) is 0 Å². The van der Waals surface area contributed by atoms with Gasteiger partial charge < -0.3 is 10.2 Å². The van der Waals surface area contributed by atoms with Gasteiger partial charge in [0.15, 0.2) is 11.0 Å². The van der Waals surface area contributed by atoms with Gasteiger partial charge in [0.1, 0.15) is 0 Å². The number of amides is 2. The van der Waals surface area contributed by atoms with Crippen molar-refractivity contribution in [3.8, 4) is 17.1 Å². The number of hydrogen-bond donors (Lipinski definition) is 1. The van der Waals surface area contributed by atoms with E-state index in [1.807, 2.05) is 70.1 Å². The monoisotopic (exact) mass is 476 g/mol. The highest BCUT2D eigenvalue weighted by molar-refractivity contribution is 7.99. The van der Waals surface area contributed by atoms with Crippen molar-refractivity contribution in [3.63, 3.8) is 0 Å². The predicted octanol–water partition coefficient (Wildman–Crippen LogP) is 2.45. The highest BCUT2D eigenvalue weighted by atomic mass is 32.2. The second-order valence-electron chi connectivity index (χ2n) is 8.63. The molecule has 0 radical (unpaired) electrons. The first-order valence-corrected chi connectivity index (χ1v) is 12.6. The topological polar surface area (TPSA) is 83.4 Å². The minimum Gasteiger partial charge on any atom is -0.352 e. The van der Waals surface area contributed by atoms with Gasteiger partial charge in [-0.05, 0) is 25.0 Å². The van der Waals surface area contributed by atoms with Gasteiger partial charge in [0.25, 0.3) is 0 Å². The maximum atomic E-state index is 12.9. The van der Waals surface area contributed by atoms with E-state index in [1.165, 1.54) is 11.8 Å². The zero-order valence-electron chi connectivity index (χ0n) is 19.0. The van der Waals surface area contributed by atoms with Gasteiger partial charge in [-0.3, -0.25) is 19.1 Å². The molecule has 2 aliphatic rings. The third-order valence-corrected chi connectivity index (χ3v) is 6.95. The Labute approximate surface area is 203 Å². The Morgan fingerprint density at radius 2 is 1.59 bits per heavy atom. The number of para-hydroxylation sites is 1. The van der Waals surface area contributed by atoms with E-state index in [1.54, 1.807) is 0 Å². The average Bonchev–Trinajstić information content (AvgIpc) is 3.58. The second-order valence-corrected chi connectivity index (χ2v) is 9.57. The van der Waals surface area contributed by atoms with Gasteiger partial charge in [-0.25, -0.2) is 0 Å². The summed E-state index contributed by atoms with van der Waals surface area (Å²) in [7, 11) is 0. The summed E-state index contributed by atoms with van der Waals surface area (Å²) in [4.78, 5) is 29.0. The number of carbonyl (C=O) groups excluding carboxylic acids is 2. The molecule has 1 saturated carbocycles. The fourth-order valence-corrected chi connectivity index (χ4v) is 4.88. The molecule has 1 N–H and O–H groups in total. The molecule has 34 heavy (non-hydrogen) atoms. The van der Waals surface area contributed by atoms with Crippen molar-refractivity contribution >= 4 is 23.6 Å². The summed E-state index contributed by atoms with van der Waals surface area (Å²) >= 11 is 1.40. The number of thioether (sulfide) groups is 1. The molecule has 2 heterocycles. The van der Waals surface area contributed by atoms with E-state index in [9.17, 15) is 9.59 Å². The van der Waals surface area contributed by atoms with Crippen molar-refractivity contribution in [2.45, 2.75) is 24.0 Å². The van der Waals surface area contributed by atoms with Gasteiger partial charge in [-0.2, -0.15) is 0 Å². The minimum atomic E-state index is 0.0796. The van der Waals surface area contributed by atoms with Crippen LogP contribution in [0.1, 0.15) is 12.8 Å². The van der Waals surface area contributed by atoms with Crippen LogP contribution in [0.3, 0.4) is 0 Å². The summed E-state index contributed by atoms with van der Waals surface area (Å²) in [5.41, 5.74) is 1.93. The second kappa shape index (κ2) is 10.4. The zero-order valence-corrected chi connectivity index (χ0v) is 19.8. The highest BCUT2D eigenvalue weighted by Crippen LogP contribution is 2.28. The van der Waals surface area contributed by atoms with E-state index in [4.69, 9.17) is 0 Å². The fourth-order valence-electron chi connectivity index (χ4n) is 4.02. The Morgan fingerprint density at radius 1 is 0.912 bits per heavy atom. The quantitative estimate of drug-likeness (QED) is 0.503. The number of aromatic nitrogens is 3. The molecular weight excluding hydrogens is 448 g/mol. The zero-order chi connectivity index (χ0) is 23.3.